The van der Waals surface area contributed by atoms with Crippen LogP contribution in [0, 0.1) is 5.82 Å². The van der Waals surface area contributed by atoms with Crippen LogP contribution in [0.5, 0.6) is 0 Å². The van der Waals surface area contributed by atoms with E-state index in [1.165, 1.54) is 12.1 Å². The zero-order chi connectivity index (χ0) is 22.7. The lowest BCUT2D eigenvalue weighted by molar-refractivity contribution is 0.395. The van der Waals surface area contributed by atoms with E-state index in [2.05, 4.69) is 27.3 Å². The monoisotopic (exact) mass is 470 g/mol. The molecule has 4 rings (SSSR count). The lowest BCUT2D eigenvalue weighted by Crippen LogP contribution is -2.46. The number of nitrogens with one attached hydrogen (secondary N) is 1. The number of benzene rings is 2. The molecule has 2 heterocycles. The summed E-state index contributed by atoms with van der Waals surface area (Å²) in [5, 5.41) is 8.80. The van der Waals surface area contributed by atoms with Crippen molar-refractivity contribution in [2.24, 2.45) is 0 Å². The largest absolute Gasteiger partial charge is 0.351 e. The van der Waals surface area contributed by atoms with Crippen molar-refractivity contribution in [3.63, 3.8) is 0 Å². The molecule has 0 fully saturated rings. The van der Waals surface area contributed by atoms with Crippen LogP contribution in [0.15, 0.2) is 58.8 Å². The molecule has 32 heavy (non-hydrogen) atoms. The van der Waals surface area contributed by atoms with Crippen LogP contribution in [0.25, 0.3) is 17.0 Å². The van der Waals surface area contributed by atoms with E-state index in [0.29, 0.717) is 21.9 Å². The van der Waals surface area contributed by atoms with Crippen molar-refractivity contribution in [3.8, 4) is 11.4 Å². The van der Waals surface area contributed by atoms with Gasteiger partial charge in [-0.3, -0.25) is 0 Å². The molecular weight excluding hydrogens is 447 g/mol. The molecule has 3 aromatic rings. The van der Waals surface area contributed by atoms with Gasteiger partial charge in [0.2, 0.25) is 5.82 Å². The van der Waals surface area contributed by atoms with Gasteiger partial charge in [-0.15, -0.1) is 0 Å². The zero-order valence-electron chi connectivity index (χ0n) is 17.9. The van der Waals surface area contributed by atoms with E-state index in [1.54, 1.807) is 24.3 Å². The number of hydrogen-bond donors (Lipinski definition) is 1. The van der Waals surface area contributed by atoms with Crippen molar-refractivity contribution in [1.82, 2.24) is 20.4 Å². The zero-order valence-corrected chi connectivity index (χ0v) is 19.5. The van der Waals surface area contributed by atoms with Gasteiger partial charge in [0, 0.05) is 22.8 Å². The first kappa shape index (κ1) is 22.4. The van der Waals surface area contributed by atoms with Crippen LogP contribution in [0.2, 0.25) is 5.02 Å². The van der Waals surface area contributed by atoms with Gasteiger partial charge in [-0.05, 0) is 55.4 Å². The van der Waals surface area contributed by atoms with Crippen LogP contribution in [0.3, 0.4) is 0 Å². The van der Waals surface area contributed by atoms with E-state index in [1.807, 2.05) is 19.1 Å². The third-order valence-corrected chi connectivity index (χ3v) is 6.10. The molecule has 0 spiro atoms. The van der Waals surface area contributed by atoms with E-state index >= 15 is 0 Å². The lowest BCUT2D eigenvalue weighted by Gasteiger charge is -2.37. The Morgan fingerprint density at radius 3 is 2.69 bits per heavy atom. The maximum absolute atomic E-state index is 13.6. The minimum Gasteiger partial charge on any atom is -0.351 e. The standard InChI is InChI=1S/C24H24ClFN4OS/c1-3-4-5-13-30-15(2)20(21(27-24(30)32)16-9-11-19(26)12-10-16)23-28-22(29-31-23)17-7-6-8-18(25)14-17/h6-12,14,21H,3-5,13H2,1-2H3,(H,27,32). The summed E-state index contributed by atoms with van der Waals surface area (Å²) in [6.45, 7) is 4.97. The van der Waals surface area contributed by atoms with Gasteiger partial charge >= 0.3 is 0 Å². The average Bonchev–Trinajstić information content (AvgIpc) is 3.26. The van der Waals surface area contributed by atoms with Crippen LogP contribution in [-0.2, 0) is 0 Å². The molecule has 0 amide bonds. The third kappa shape index (κ3) is 4.69. The highest BCUT2D eigenvalue weighted by atomic mass is 35.5. The second kappa shape index (κ2) is 9.79. The SMILES string of the molecule is CCCCCN1C(=S)NC(c2ccc(F)cc2)C(c2nc(-c3cccc(Cl)c3)no2)=C1C. The van der Waals surface area contributed by atoms with Gasteiger partial charge in [-0.2, -0.15) is 4.98 Å². The molecule has 1 unspecified atom stereocenters. The second-order valence-corrected chi connectivity index (χ2v) is 8.55. The van der Waals surface area contributed by atoms with E-state index in [4.69, 9.17) is 28.3 Å². The molecule has 8 heteroatoms. The van der Waals surface area contributed by atoms with Gasteiger partial charge in [0.1, 0.15) is 5.82 Å². The van der Waals surface area contributed by atoms with Crippen molar-refractivity contribution in [2.45, 2.75) is 39.2 Å². The fourth-order valence-electron chi connectivity index (χ4n) is 3.83. The number of nitrogens with zero attached hydrogens (tertiary/aromatic N) is 3. The Labute approximate surface area is 197 Å². The van der Waals surface area contributed by atoms with E-state index in [-0.39, 0.29) is 11.9 Å². The average molecular weight is 471 g/mol. The van der Waals surface area contributed by atoms with E-state index in [9.17, 15) is 4.39 Å². The summed E-state index contributed by atoms with van der Waals surface area (Å²) < 4.78 is 19.3. The van der Waals surface area contributed by atoms with Crippen molar-refractivity contribution < 1.29 is 8.91 Å². The molecule has 166 valence electrons. The van der Waals surface area contributed by atoms with Crippen LogP contribution in [0.1, 0.15) is 50.6 Å². The summed E-state index contributed by atoms with van der Waals surface area (Å²) in [6, 6.07) is 13.3. The summed E-state index contributed by atoms with van der Waals surface area (Å²) in [5.41, 5.74) is 3.39. The van der Waals surface area contributed by atoms with Gasteiger partial charge in [0.15, 0.2) is 5.11 Å². The molecule has 0 radical (unpaired) electrons. The Bertz CT molecular complexity index is 1140. The summed E-state index contributed by atoms with van der Waals surface area (Å²) in [6.07, 6.45) is 3.25. The molecule has 5 nitrogen and oxygen atoms in total. The van der Waals surface area contributed by atoms with Crippen molar-refractivity contribution in [3.05, 3.63) is 76.5 Å². The van der Waals surface area contributed by atoms with Crippen molar-refractivity contribution >= 4 is 34.5 Å². The van der Waals surface area contributed by atoms with Crippen molar-refractivity contribution in [1.29, 1.82) is 0 Å². The summed E-state index contributed by atoms with van der Waals surface area (Å²) in [5.74, 6) is 0.547. The highest BCUT2D eigenvalue weighted by molar-refractivity contribution is 7.80. The molecule has 1 aromatic heterocycles. The number of rotatable bonds is 7. The molecule has 0 saturated heterocycles. The molecule has 1 aliphatic heterocycles. The number of hydrogen-bond acceptors (Lipinski definition) is 4. The second-order valence-electron chi connectivity index (χ2n) is 7.73. The number of thiocarbonyl (C=S) groups is 1. The molecule has 2 aromatic carbocycles. The Hall–Kier alpha value is -2.77. The molecule has 0 bridgehead atoms. The Balaban J connectivity index is 1.77. The molecule has 1 atom stereocenters. The maximum atomic E-state index is 13.6. The smallest absolute Gasteiger partial charge is 0.258 e. The van der Waals surface area contributed by atoms with Crippen LogP contribution in [-0.4, -0.2) is 26.7 Å². The molecular formula is C24H24ClFN4OS. The number of halogens is 2. The molecule has 1 N–H and O–H groups in total. The van der Waals surface area contributed by atoms with Gasteiger partial charge in [0.05, 0.1) is 11.6 Å². The van der Waals surface area contributed by atoms with E-state index < -0.39 is 0 Å². The fourth-order valence-corrected chi connectivity index (χ4v) is 4.37. The molecule has 1 aliphatic rings. The Morgan fingerprint density at radius 1 is 1.19 bits per heavy atom. The normalized spacial score (nSPS) is 16.4. The third-order valence-electron chi connectivity index (χ3n) is 5.52. The van der Waals surface area contributed by atoms with Gasteiger partial charge in [-0.1, -0.05) is 60.8 Å². The lowest BCUT2D eigenvalue weighted by atomic mass is 9.94. The van der Waals surface area contributed by atoms with Gasteiger partial charge < -0.3 is 14.7 Å². The highest BCUT2D eigenvalue weighted by Gasteiger charge is 2.33. The maximum Gasteiger partial charge on any atom is 0.258 e. The highest BCUT2D eigenvalue weighted by Crippen LogP contribution is 2.37. The first-order valence-corrected chi connectivity index (χ1v) is 11.4. The first-order chi connectivity index (χ1) is 15.5. The van der Waals surface area contributed by atoms with Crippen LogP contribution in [0.4, 0.5) is 4.39 Å². The topological polar surface area (TPSA) is 54.2 Å². The predicted molar refractivity (Wildman–Crippen MR) is 128 cm³/mol. The van der Waals surface area contributed by atoms with E-state index in [0.717, 1.165) is 48.2 Å². The van der Waals surface area contributed by atoms with Crippen LogP contribution >= 0.6 is 23.8 Å². The number of aromatic nitrogens is 2. The van der Waals surface area contributed by atoms with Gasteiger partial charge in [-0.25, -0.2) is 4.39 Å². The summed E-state index contributed by atoms with van der Waals surface area (Å²) >= 11 is 11.8. The fraction of sp³-hybridized carbons (Fsp3) is 0.292. The number of allylic oxidation sites excluding steroid dienone is 1. The number of unbranched alkanes of at least 4 members (excludes halogenated alkanes) is 2. The summed E-state index contributed by atoms with van der Waals surface area (Å²) in [4.78, 5) is 6.74. The molecule has 0 aliphatic carbocycles. The first-order valence-electron chi connectivity index (χ1n) is 10.6. The summed E-state index contributed by atoms with van der Waals surface area (Å²) in [7, 11) is 0. The van der Waals surface area contributed by atoms with Gasteiger partial charge in [0.25, 0.3) is 5.89 Å². The Kier molecular flexibility index (Phi) is 6.86. The quantitative estimate of drug-likeness (QED) is 0.319. The van der Waals surface area contributed by atoms with Crippen LogP contribution < -0.4 is 5.32 Å². The minimum atomic E-state index is -0.335. The predicted octanol–water partition coefficient (Wildman–Crippen LogP) is 6.38. The molecule has 0 saturated carbocycles. The van der Waals surface area contributed by atoms with Crippen molar-refractivity contribution in [2.75, 3.05) is 6.54 Å². The Morgan fingerprint density at radius 2 is 1.97 bits per heavy atom. The minimum absolute atomic E-state index is 0.295.